The van der Waals surface area contributed by atoms with Crippen LogP contribution in [0.2, 0.25) is 0 Å². The molecular weight excluding hydrogens is 1340 g/mol. The lowest BCUT2D eigenvalue weighted by Gasteiger charge is -2.13. The van der Waals surface area contributed by atoms with E-state index in [-0.39, 0.29) is 0 Å². The molecular formula is C101H63N9. The van der Waals surface area contributed by atoms with Crippen molar-refractivity contribution >= 4 is 98.0 Å². The van der Waals surface area contributed by atoms with Gasteiger partial charge in [-0.05, 0) is 143 Å². The molecule has 0 aliphatic rings. The number of para-hydroxylation sites is 4. The van der Waals surface area contributed by atoms with Crippen molar-refractivity contribution in [1.82, 2.24) is 43.2 Å². The maximum atomic E-state index is 5.39. The molecule has 6 aromatic heterocycles. The Labute approximate surface area is 632 Å². The highest BCUT2D eigenvalue weighted by Crippen LogP contribution is 2.44. The number of hydrogen-bond acceptors (Lipinski definition) is 5. The number of benzene rings is 16. The molecule has 0 saturated heterocycles. The van der Waals surface area contributed by atoms with Gasteiger partial charge in [-0.2, -0.15) is 0 Å². The fraction of sp³-hybridized carbons (Fsp3) is 0. The number of nitrogens with zero attached hydrogens (tertiary/aromatic N) is 9. The lowest BCUT2D eigenvalue weighted by atomic mass is 9.98. The van der Waals surface area contributed by atoms with Crippen LogP contribution in [0.15, 0.2) is 382 Å². The van der Waals surface area contributed by atoms with E-state index < -0.39 is 0 Å². The first-order chi connectivity index (χ1) is 54.5. The Morgan fingerprint density at radius 2 is 0.445 bits per heavy atom. The summed E-state index contributed by atoms with van der Waals surface area (Å²) in [5, 5.41) is 12.0. The Balaban J connectivity index is 0.566. The highest BCUT2D eigenvalue weighted by molar-refractivity contribution is 6.21. The summed E-state index contributed by atoms with van der Waals surface area (Å²) in [6.45, 7) is 0. The number of hydrogen-bond donors (Lipinski definition) is 0. The van der Waals surface area contributed by atoms with E-state index in [1.165, 1.54) is 70.6 Å². The van der Waals surface area contributed by atoms with E-state index in [2.05, 4.69) is 334 Å². The molecule has 0 N–H and O–H groups in total. The Hall–Kier alpha value is -14.9. The van der Waals surface area contributed by atoms with Crippen molar-refractivity contribution in [3.05, 3.63) is 382 Å². The van der Waals surface area contributed by atoms with Crippen molar-refractivity contribution in [2.24, 2.45) is 0 Å². The average Bonchev–Trinajstić information content (AvgIpc) is 1.56. The third-order valence-electron chi connectivity index (χ3n) is 22.0. The Morgan fingerprint density at radius 3 is 0.900 bits per heavy atom. The summed E-state index contributed by atoms with van der Waals surface area (Å²) in [7, 11) is 0. The molecule has 512 valence electrons. The largest absolute Gasteiger partial charge is 0.309 e. The molecule has 110 heavy (non-hydrogen) atoms. The molecule has 0 saturated carbocycles. The second-order valence-electron chi connectivity index (χ2n) is 28.3. The quantitative estimate of drug-likeness (QED) is 0.122. The van der Waals surface area contributed by atoms with Gasteiger partial charge in [-0.3, -0.25) is 0 Å². The van der Waals surface area contributed by atoms with Crippen LogP contribution >= 0.6 is 0 Å². The second-order valence-corrected chi connectivity index (χ2v) is 28.3. The summed E-state index contributed by atoms with van der Waals surface area (Å²) in [5.41, 5.74) is 25.5. The summed E-state index contributed by atoms with van der Waals surface area (Å²) in [5.74, 6) is 2.55. The minimum Gasteiger partial charge on any atom is -0.309 e. The molecule has 0 amide bonds. The maximum Gasteiger partial charge on any atom is 0.164 e. The van der Waals surface area contributed by atoms with E-state index >= 15 is 0 Å². The molecule has 22 aromatic rings. The van der Waals surface area contributed by atoms with Crippen LogP contribution in [-0.2, 0) is 0 Å². The van der Waals surface area contributed by atoms with Crippen LogP contribution in [0.4, 0.5) is 0 Å². The Morgan fingerprint density at radius 1 is 0.155 bits per heavy atom. The first kappa shape index (κ1) is 62.4. The van der Waals surface area contributed by atoms with Gasteiger partial charge in [0.25, 0.3) is 0 Å². The molecule has 0 spiro atoms. The van der Waals surface area contributed by atoms with Crippen molar-refractivity contribution in [2.75, 3.05) is 0 Å². The van der Waals surface area contributed by atoms with E-state index in [1.807, 2.05) is 66.7 Å². The predicted octanol–water partition coefficient (Wildman–Crippen LogP) is 25.5. The van der Waals surface area contributed by atoms with Gasteiger partial charge in [0.05, 0.1) is 61.2 Å². The van der Waals surface area contributed by atoms with Crippen molar-refractivity contribution in [1.29, 1.82) is 0 Å². The lowest BCUT2D eigenvalue weighted by Crippen LogP contribution is -2.00. The van der Waals surface area contributed by atoms with Crippen LogP contribution in [0.5, 0.6) is 0 Å². The van der Waals surface area contributed by atoms with E-state index in [4.69, 9.17) is 24.9 Å². The van der Waals surface area contributed by atoms with Gasteiger partial charge in [0.2, 0.25) is 0 Å². The van der Waals surface area contributed by atoms with Gasteiger partial charge in [-0.15, -0.1) is 0 Å². The third kappa shape index (κ3) is 10.4. The zero-order valence-corrected chi connectivity index (χ0v) is 59.4. The molecule has 0 atom stereocenters. The standard InChI is InChI=1S/C101H63N9/c1-4-23-68(24-5-1)87-63-88(69-48-54-76(55-49-69)108-92-39-18-14-35-81(92)85-62-97-86(61-96(85)108)82-36-15-19-40-93(82)110(97)89-41-21-29-67-22-10-11-32-78(67)89)103-101(102-87)74-31-20-30-73(58-74)66-44-42-64(43-45-66)65-46-52-75(53-47-65)107-90-37-16-12-33-79(90)83-60-95-84(59-94(83)107)80-34-13-17-38-91(80)109(95)77-56-50-72(51-57-77)100-105-98(70-25-6-2-7-26-70)104-99(106-100)71-27-8-3-9-28-71/h1-63H. The molecule has 0 aliphatic heterocycles. The first-order valence-electron chi connectivity index (χ1n) is 37.3. The van der Waals surface area contributed by atoms with Crippen LogP contribution in [0.3, 0.4) is 0 Å². The molecule has 9 nitrogen and oxygen atoms in total. The summed E-state index contributed by atoms with van der Waals surface area (Å²) < 4.78 is 9.68. The second kappa shape index (κ2) is 25.4. The van der Waals surface area contributed by atoms with E-state index in [1.54, 1.807) is 0 Å². The van der Waals surface area contributed by atoms with Crippen molar-refractivity contribution in [3.63, 3.8) is 0 Å². The molecule has 16 aromatic carbocycles. The SMILES string of the molecule is c1ccc(-c2cc(-c3ccc(-n4c5ccccc5c5cc6c(cc54)c4ccccc4n6-c4cccc5ccccc45)cc3)nc(-c3cccc(-c4ccc(-c5ccc(-n6c7ccccc7c7cc8c(cc76)c6ccccc6n8-c6ccc(-c7nc(-c8ccccc8)nc(-c8ccccc8)n7)cc6)cc5)cc4)c3)n2)cc1. The van der Waals surface area contributed by atoms with E-state index in [0.29, 0.717) is 23.3 Å². The summed E-state index contributed by atoms with van der Waals surface area (Å²) in [6.07, 6.45) is 0. The summed E-state index contributed by atoms with van der Waals surface area (Å²) >= 11 is 0. The minimum atomic E-state index is 0.621. The highest BCUT2D eigenvalue weighted by atomic mass is 15.0. The zero-order chi connectivity index (χ0) is 72.3. The predicted molar refractivity (Wildman–Crippen MR) is 454 cm³/mol. The molecule has 0 fully saturated rings. The van der Waals surface area contributed by atoms with Crippen molar-refractivity contribution < 1.29 is 0 Å². The van der Waals surface area contributed by atoms with Crippen LogP contribution in [0.25, 0.3) is 211 Å². The van der Waals surface area contributed by atoms with Crippen LogP contribution in [0.1, 0.15) is 0 Å². The third-order valence-corrected chi connectivity index (χ3v) is 22.0. The zero-order valence-electron chi connectivity index (χ0n) is 59.4. The molecule has 0 radical (unpaired) electrons. The fourth-order valence-corrected chi connectivity index (χ4v) is 16.8. The molecule has 9 heteroatoms. The number of rotatable bonds is 12. The highest BCUT2D eigenvalue weighted by Gasteiger charge is 2.24. The van der Waals surface area contributed by atoms with Gasteiger partial charge in [-0.25, -0.2) is 24.9 Å². The van der Waals surface area contributed by atoms with E-state index in [0.717, 1.165) is 117 Å². The first-order valence-corrected chi connectivity index (χ1v) is 37.3. The molecule has 0 unspecified atom stereocenters. The van der Waals surface area contributed by atoms with Crippen molar-refractivity contribution in [3.8, 4) is 113 Å². The van der Waals surface area contributed by atoms with Gasteiger partial charge in [0, 0.05) is 98.9 Å². The number of fused-ring (bicyclic) bond motifs is 13. The molecule has 22 rings (SSSR count). The minimum absolute atomic E-state index is 0.621. The average molecular weight is 1400 g/mol. The molecule has 0 aliphatic carbocycles. The van der Waals surface area contributed by atoms with Gasteiger partial charge < -0.3 is 18.3 Å². The molecule has 6 heterocycles. The van der Waals surface area contributed by atoms with E-state index in [9.17, 15) is 0 Å². The van der Waals surface area contributed by atoms with Crippen LogP contribution in [-0.4, -0.2) is 43.2 Å². The smallest absolute Gasteiger partial charge is 0.164 e. The van der Waals surface area contributed by atoms with Gasteiger partial charge in [-0.1, -0.05) is 267 Å². The summed E-state index contributed by atoms with van der Waals surface area (Å²) in [6, 6.07) is 137. The Bertz CT molecular complexity index is 7340. The van der Waals surface area contributed by atoms with Crippen LogP contribution < -0.4 is 0 Å². The normalized spacial score (nSPS) is 11.8. The monoisotopic (exact) mass is 1400 g/mol. The summed E-state index contributed by atoms with van der Waals surface area (Å²) in [4.78, 5) is 25.7. The fourth-order valence-electron chi connectivity index (χ4n) is 16.8. The Kier molecular flexibility index (Phi) is 14.4. The topological polar surface area (TPSA) is 84.2 Å². The van der Waals surface area contributed by atoms with Gasteiger partial charge in [0.15, 0.2) is 23.3 Å². The lowest BCUT2D eigenvalue weighted by molar-refractivity contribution is 1.07. The van der Waals surface area contributed by atoms with Gasteiger partial charge in [0.1, 0.15) is 0 Å². The van der Waals surface area contributed by atoms with Crippen molar-refractivity contribution in [2.45, 2.75) is 0 Å². The van der Waals surface area contributed by atoms with Crippen LogP contribution in [0, 0.1) is 0 Å². The van der Waals surface area contributed by atoms with Gasteiger partial charge >= 0.3 is 0 Å². The maximum absolute atomic E-state index is 5.39. The molecule has 0 bridgehead atoms. The number of aromatic nitrogens is 9.